The van der Waals surface area contributed by atoms with Crippen LogP contribution in [0.15, 0.2) is 40.2 Å². The molecular formula is C14H14BrNO2S. The Hall–Kier alpha value is -1.17. The van der Waals surface area contributed by atoms with Crippen LogP contribution in [0.3, 0.4) is 0 Å². The first-order valence-corrected chi connectivity index (χ1v) is 7.51. The highest BCUT2D eigenvalue weighted by atomic mass is 79.9. The Morgan fingerprint density at radius 3 is 2.89 bits per heavy atom. The quantitative estimate of drug-likeness (QED) is 0.897. The van der Waals surface area contributed by atoms with Crippen LogP contribution in [0.2, 0.25) is 0 Å². The fourth-order valence-corrected chi connectivity index (χ4v) is 3.06. The molecular weight excluding hydrogens is 326 g/mol. The van der Waals surface area contributed by atoms with Crippen molar-refractivity contribution in [2.24, 2.45) is 0 Å². The summed E-state index contributed by atoms with van der Waals surface area (Å²) in [7, 11) is 0. The molecule has 1 amide bonds. The van der Waals surface area contributed by atoms with Crippen molar-refractivity contribution in [3.8, 4) is 0 Å². The Balaban J connectivity index is 1.98. The number of nitrogens with one attached hydrogen (secondary N) is 1. The summed E-state index contributed by atoms with van der Waals surface area (Å²) in [6.45, 7) is 2.17. The molecule has 1 heterocycles. The Bertz CT molecular complexity index is 569. The van der Waals surface area contributed by atoms with Crippen LogP contribution in [0.1, 0.15) is 26.9 Å². The molecule has 0 fully saturated rings. The van der Waals surface area contributed by atoms with Crippen molar-refractivity contribution < 1.29 is 9.90 Å². The lowest BCUT2D eigenvalue weighted by Gasteiger charge is -2.11. The second kappa shape index (κ2) is 6.32. The minimum Gasteiger partial charge on any atom is -0.386 e. The van der Waals surface area contributed by atoms with E-state index >= 15 is 0 Å². The van der Waals surface area contributed by atoms with Gasteiger partial charge in [-0.05, 0) is 52.0 Å². The van der Waals surface area contributed by atoms with E-state index in [4.69, 9.17) is 0 Å². The molecule has 0 spiro atoms. The van der Waals surface area contributed by atoms with Crippen molar-refractivity contribution in [1.29, 1.82) is 0 Å². The second-order valence-corrected chi connectivity index (χ2v) is 6.06. The molecule has 2 rings (SSSR count). The molecule has 0 saturated carbocycles. The Morgan fingerprint density at radius 2 is 2.26 bits per heavy atom. The van der Waals surface area contributed by atoms with Crippen LogP contribution in [0.5, 0.6) is 0 Å². The number of thiophene rings is 1. The summed E-state index contributed by atoms with van der Waals surface area (Å²) >= 11 is 4.85. The SMILES string of the molecule is Cc1ccc(C(=O)NC[C@@H](O)c2cccs2)c(Br)c1. The van der Waals surface area contributed by atoms with Gasteiger partial charge in [0.15, 0.2) is 0 Å². The zero-order chi connectivity index (χ0) is 13.8. The van der Waals surface area contributed by atoms with E-state index in [1.165, 1.54) is 11.3 Å². The van der Waals surface area contributed by atoms with E-state index in [9.17, 15) is 9.90 Å². The third-order valence-corrected chi connectivity index (χ3v) is 4.33. The van der Waals surface area contributed by atoms with Gasteiger partial charge in [-0.1, -0.05) is 12.1 Å². The number of rotatable bonds is 4. The largest absolute Gasteiger partial charge is 0.386 e. The summed E-state index contributed by atoms with van der Waals surface area (Å²) in [5, 5.41) is 14.5. The molecule has 0 unspecified atom stereocenters. The lowest BCUT2D eigenvalue weighted by molar-refractivity contribution is 0.0917. The molecule has 1 aromatic heterocycles. The number of aliphatic hydroxyl groups excluding tert-OH is 1. The first-order chi connectivity index (χ1) is 9.08. The number of benzene rings is 1. The normalized spacial score (nSPS) is 12.2. The first kappa shape index (κ1) is 14.2. The molecule has 19 heavy (non-hydrogen) atoms. The van der Waals surface area contributed by atoms with Gasteiger partial charge in [0.2, 0.25) is 0 Å². The molecule has 0 aliphatic rings. The number of carbonyl (C=O) groups is 1. The standard InChI is InChI=1S/C14H14BrNO2S/c1-9-4-5-10(11(15)7-9)14(18)16-8-12(17)13-3-2-6-19-13/h2-7,12,17H,8H2,1H3,(H,16,18)/t12-/m1/s1. The van der Waals surface area contributed by atoms with Gasteiger partial charge in [0, 0.05) is 15.9 Å². The fraction of sp³-hybridized carbons (Fsp3) is 0.214. The Morgan fingerprint density at radius 1 is 1.47 bits per heavy atom. The summed E-state index contributed by atoms with van der Waals surface area (Å²) in [5.41, 5.74) is 1.66. The zero-order valence-electron chi connectivity index (χ0n) is 10.4. The molecule has 0 bridgehead atoms. The summed E-state index contributed by atoms with van der Waals surface area (Å²) in [5.74, 6) is -0.192. The molecule has 1 aromatic carbocycles. The van der Waals surface area contributed by atoms with E-state index in [-0.39, 0.29) is 12.5 Å². The minimum atomic E-state index is -0.659. The smallest absolute Gasteiger partial charge is 0.252 e. The van der Waals surface area contributed by atoms with Crippen LogP contribution in [0.4, 0.5) is 0 Å². The van der Waals surface area contributed by atoms with E-state index in [1.807, 2.05) is 36.6 Å². The fourth-order valence-electron chi connectivity index (χ4n) is 1.67. The molecule has 0 aliphatic heterocycles. The number of halogens is 1. The molecule has 100 valence electrons. The highest BCUT2D eigenvalue weighted by molar-refractivity contribution is 9.10. The molecule has 3 nitrogen and oxygen atoms in total. The average molecular weight is 340 g/mol. The van der Waals surface area contributed by atoms with Crippen molar-refractivity contribution in [2.45, 2.75) is 13.0 Å². The van der Waals surface area contributed by atoms with Crippen LogP contribution < -0.4 is 5.32 Å². The van der Waals surface area contributed by atoms with Crippen LogP contribution in [0, 0.1) is 6.92 Å². The first-order valence-electron chi connectivity index (χ1n) is 5.83. The second-order valence-electron chi connectivity index (χ2n) is 4.22. The molecule has 2 N–H and O–H groups in total. The third-order valence-electron chi connectivity index (χ3n) is 2.70. The van der Waals surface area contributed by atoms with Gasteiger partial charge in [-0.2, -0.15) is 0 Å². The summed E-state index contributed by atoms with van der Waals surface area (Å²) < 4.78 is 0.760. The van der Waals surface area contributed by atoms with Crippen LogP contribution in [-0.2, 0) is 0 Å². The number of aryl methyl sites for hydroxylation is 1. The Kier molecular flexibility index (Phi) is 4.74. The molecule has 0 radical (unpaired) electrons. The van der Waals surface area contributed by atoms with Crippen molar-refractivity contribution in [1.82, 2.24) is 5.32 Å². The van der Waals surface area contributed by atoms with Gasteiger partial charge in [-0.15, -0.1) is 11.3 Å². The summed E-state index contributed by atoms with van der Waals surface area (Å²) in [4.78, 5) is 12.9. The van der Waals surface area contributed by atoms with Gasteiger partial charge in [-0.25, -0.2) is 0 Å². The summed E-state index contributed by atoms with van der Waals surface area (Å²) in [6, 6.07) is 9.27. The van der Waals surface area contributed by atoms with Gasteiger partial charge in [0.25, 0.3) is 5.91 Å². The van der Waals surface area contributed by atoms with Crippen molar-refractivity contribution >= 4 is 33.2 Å². The molecule has 1 atom stereocenters. The maximum Gasteiger partial charge on any atom is 0.252 e. The number of hydrogen-bond donors (Lipinski definition) is 2. The predicted octanol–water partition coefficient (Wildman–Crippen LogP) is 3.28. The van der Waals surface area contributed by atoms with Crippen LogP contribution in [0.25, 0.3) is 0 Å². The topological polar surface area (TPSA) is 49.3 Å². The minimum absolute atomic E-state index is 0.192. The number of hydrogen-bond acceptors (Lipinski definition) is 3. The molecule has 0 aliphatic carbocycles. The number of aliphatic hydroxyl groups is 1. The van der Waals surface area contributed by atoms with Crippen LogP contribution in [-0.4, -0.2) is 17.6 Å². The van der Waals surface area contributed by atoms with Gasteiger partial charge in [0.05, 0.1) is 5.56 Å². The van der Waals surface area contributed by atoms with Gasteiger partial charge < -0.3 is 10.4 Å². The van der Waals surface area contributed by atoms with E-state index in [1.54, 1.807) is 6.07 Å². The van der Waals surface area contributed by atoms with E-state index < -0.39 is 6.10 Å². The van der Waals surface area contributed by atoms with Gasteiger partial charge in [0.1, 0.15) is 6.10 Å². The molecule has 0 saturated heterocycles. The number of carbonyl (C=O) groups excluding carboxylic acids is 1. The number of amides is 1. The van der Waals surface area contributed by atoms with Crippen molar-refractivity contribution in [3.05, 3.63) is 56.2 Å². The highest BCUT2D eigenvalue weighted by Crippen LogP contribution is 2.20. The lowest BCUT2D eigenvalue weighted by Crippen LogP contribution is -2.28. The van der Waals surface area contributed by atoms with Crippen molar-refractivity contribution in [3.63, 3.8) is 0 Å². The lowest BCUT2D eigenvalue weighted by atomic mass is 10.1. The van der Waals surface area contributed by atoms with Crippen LogP contribution >= 0.6 is 27.3 Å². The predicted molar refractivity (Wildman–Crippen MR) is 80.5 cm³/mol. The van der Waals surface area contributed by atoms with Gasteiger partial charge in [-0.3, -0.25) is 4.79 Å². The highest BCUT2D eigenvalue weighted by Gasteiger charge is 2.13. The van der Waals surface area contributed by atoms with Crippen molar-refractivity contribution in [2.75, 3.05) is 6.54 Å². The monoisotopic (exact) mass is 339 g/mol. The summed E-state index contributed by atoms with van der Waals surface area (Å²) in [6.07, 6.45) is -0.659. The Labute approximate surface area is 124 Å². The zero-order valence-corrected chi connectivity index (χ0v) is 12.8. The third kappa shape index (κ3) is 3.65. The maximum atomic E-state index is 12.0. The van der Waals surface area contributed by atoms with E-state index in [0.29, 0.717) is 5.56 Å². The van der Waals surface area contributed by atoms with E-state index in [0.717, 1.165) is 14.9 Å². The average Bonchev–Trinajstić information content (AvgIpc) is 2.89. The van der Waals surface area contributed by atoms with E-state index in [2.05, 4.69) is 21.2 Å². The molecule has 2 aromatic rings. The van der Waals surface area contributed by atoms with Gasteiger partial charge >= 0.3 is 0 Å². The molecule has 5 heteroatoms. The maximum absolute atomic E-state index is 12.0.